The Kier molecular flexibility index (Phi) is 3.62. The number of hydrazine groups is 1. The summed E-state index contributed by atoms with van der Waals surface area (Å²) in [7, 11) is 0. The number of aryl methyl sites for hydroxylation is 1. The molecule has 0 aliphatic heterocycles. The monoisotopic (exact) mass is 229 g/mol. The zero-order valence-corrected chi connectivity index (χ0v) is 9.72. The van der Waals surface area contributed by atoms with Crippen molar-refractivity contribution in [2.45, 2.75) is 19.8 Å². The zero-order valence-electron chi connectivity index (χ0n) is 9.72. The Morgan fingerprint density at radius 1 is 1.24 bits per heavy atom. The number of pyridine rings is 1. The molecule has 0 amide bonds. The van der Waals surface area contributed by atoms with E-state index in [0.29, 0.717) is 11.6 Å². The van der Waals surface area contributed by atoms with Gasteiger partial charge >= 0.3 is 0 Å². The lowest BCUT2D eigenvalue weighted by molar-refractivity contribution is 0.875. The normalized spacial score (nSPS) is 10.2. The van der Waals surface area contributed by atoms with Crippen LogP contribution >= 0.6 is 0 Å². The van der Waals surface area contributed by atoms with Gasteiger partial charge in [-0.3, -0.25) is 4.98 Å². The summed E-state index contributed by atoms with van der Waals surface area (Å²) in [5.74, 6) is 6.72. The average molecular weight is 229 g/mol. The minimum Gasteiger partial charge on any atom is -0.308 e. The van der Waals surface area contributed by atoms with Gasteiger partial charge in [-0.05, 0) is 18.6 Å². The Balaban J connectivity index is 2.43. The summed E-state index contributed by atoms with van der Waals surface area (Å²) in [4.78, 5) is 12.8. The first-order valence-electron chi connectivity index (χ1n) is 5.58. The van der Waals surface area contributed by atoms with Crippen molar-refractivity contribution in [2.75, 3.05) is 5.43 Å². The van der Waals surface area contributed by atoms with E-state index in [1.54, 1.807) is 12.4 Å². The average Bonchev–Trinajstić information content (AvgIpc) is 2.40. The number of hydrogen-bond acceptors (Lipinski definition) is 5. The van der Waals surface area contributed by atoms with Gasteiger partial charge in [-0.1, -0.05) is 13.3 Å². The second-order valence-corrected chi connectivity index (χ2v) is 3.70. The van der Waals surface area contributed by atoms with Gasteiger partial charge in [0, 0.05) is 29.7 Å². The van der Waals surface area contributed by atoms with Crippen molar-refractivity contribution in [2.24, 2.45) is 5.84 Å². The maximum absolute atomic E-state index is 5.41. The van der Waals surface area contributed by atoms with Crippen molar-refractivity contribution >= 4 is 5.82 Å². The second-order valence-electron chi connectivity index (χ2n) is 3.70. The lowest BCUT2D eigenvalue weighted by Crippen LogP contribution is -2.10. The molecule has 5 nitrogen and oxygen atoms in total. The molecule has 2 aromatic rings. The van der Waals surface area contributed by atoms with Crippen LogP contribution in [0.15, 0.2) is 30.6 Å². The Bertz CT molecular complexity index is 484. The molecule has 0 aliphatic rings. The van der Waals surface area contributed by atoms with Gasteiger partial charge < -0.3 is 5.43 Å². The number of rotatable bonds is 4. The Morgan fingerprint density at radius 2 is 2.00 bits per heavy atom. The summed E-state index contributed by atoms with van der Waals surface area (Å²) >= 11 is 0. The SMILES string of the molecule is CCCc1cc(NN)nc(-c2ccncc2)n1. The smallest absolute Gasteiger partial charge is 0.161 e. The fraction of sp³-hybridized carbons (Fsp3) is 0.250. The number of nitrogens with two attached hydrogens (primary N) is 1. The largest absolute Gasteiger partial charge is 0.308 e. The molecule has 88 valence electrons. The fourth-order valence-electron chi connectivity index (χ4n) is 1.59. The first-order chi connectivity index (χ1) is 8.33. The number of anilines is 1. The number of hydrogen-bond donors (Lipinski definition) is 2. The van der Waals surface area contributed by atoms with Crippen molar-refractivity contribution in [3.8, 4) is 11.4 Å². The molecule has 0 spiro atoms. The molecular weight excluding hydrogens is 214 g/mol. The highest BCUT2D eigenvalue weighted by atomic mass is 15.3. The lowest BCUT2D eigenvalue weighted by atomic mass is 10.2. The zero-order chi connectivity index (χ0) is 12.1. The highest BCUT2D eigenvalue weighted by molar-refractivity contribution is 5.56. The molecule has 0 aliphatic carbocycles. The minimum atomic E-state index is 0.635. The molecule has 2 rings (SSSR count). The topological polar surface area (TPSA) is 76.7 Å². The number of nitrogen functional groups attached to an aromatic ring is 1. The van der Waals surface area contributed by atoms with E-state index in [1.807, 2.05) is 18.2 Å². The Hall–Kier alpha value is -2.01. The van der Waals surface area contributed by atoms with Gasteiger partial charge in [0.25, 0.3) is 0 Å². The third kappa shape index (κ3) is 2.76. The predicted octanol–water partition coefficient (Wildman–Crippen LogP) is 1.78. The molecule has 2 aromatic heterocycles. The summed E-state index contributed by atoms with van der Waals surface area (Å²) in [6.07, 6.45) is 5.40. The van der Waals surface area contributed by atoms with E-state index in [0.717, 1.165) is 24.1 Å². The van der Waals surface area contributed by atoms with Gasteiger partial charge in [-0.15, -0.1) is 0 Å². The second kappa shape index (κ2) is 5.36. The van der Waals surface area contributed by atoms with Crippen LogP contribution in [0.5, 0.6) is 0 Å². The van der Waals surface area contributed by atoms with Crippen LogP contribution in [0.1, 0.15) is 19.0 Å². The fourth-order valence-corrected chi connectivity index (χ4v) is 1.59. The van der Waals surface area contributed by atoms with Crippen molar-refractivity contribution in [1.82, 2.24) is 15.0 Å². The highest BCUT2D eigenvalue weighted by Crippen LogP contribution is 2.17. The molecule has 0 bridgehead atoms. The molecule has 0 saturated carbocycles. The number of nitrogens with zero attached hydrogens (tertiary/aromatic N) is 3. The quantitative estimate of drug-likeness (QED) is 0.617. The number of nitrogens with one attached hydrogen (secondary N) is 1. The first-order valence-corrected chi connectivity index (χ1v) is 5.58. The Morgan fingerprint density at radius 3 is 2.65 bits per heavy atom. The van der Waals surface area contributed by atoms with Crippen LogP contribution in [0.25, 0.3) is 11.4 Å². The summed E-state index contributed by atoms with van der Waals surface area (Å²) in [6.45, 7) is 2.11. The third-order valence-corrected chi connectivity index (χ3v) is 2.37. The van der Waals surface area contributed by atoms with Gasteiger partial charge in [0.15, 0.2) is 5.82 Å². The number of aromatic nitrogens is 3. The van der Waals surface area contributed by atoms with Crippen LogP contribution in [-0.2, 0) is 6.42 Å². The van der Waals surface area contributed by atoms with E-state index < -0.39 is 0 Å². The molecule has 0 radical (unpaired) electrons. The standard InChI is InChI=1S/C12H15N5/c1-2-3-10-8-11(17-13)16-12(15-10)9-4-6-14-7-5-9/h4-8H,2-3,13H2,1H3,(H,15,16,17). The maximum Gasteiger partial charge on any atom is 0.161 e. The van der Waals surface area contributed by atoms with E-state index in [4.69, 9.17) is 5.84 Å². The van der Waals surface area contributed by atoms with Crippen LogP contribution in [-0.4, -0.2) is 15.0 Å². The molecule has 17 heavy (non-hydrogen) atoms. The van der Waals surface area contributed by atoms with Crippen LogP contribution in [0.3, 0.4) is 0 Å². The maximum atomic E-state index is 5.41. The predicted molar refractivity (Wildman–Crippen MR) is 67.1 cm³/mol. The van der Waals surface area contributed by atoms with Crippen molar-refractivity contribution < 1.29 is 0 Å². The molecular formula is C12H15N5. The molecule has 3 N–H and O–H groups in total. The molecule has 0 saturated heterocycles. The van der Waals surface area contributed by atoms with Crippen molar-refractivity contribution in [3.05, 3.63) is 36.3 Å². The summed E-state index contributed by atoms with van der Waals surface area (Å²) < 4.78 is 0. The summed E-state index contributed by atoms with van der Waals surface area (Å²) in [6, 6.07) is 5.63. The van der Waals surface area contributed by atoms with Crippen LogP contribution in [0.4, 0.5) is 5.82 Å². The lowest BCUT2D eigenvalue weighted by Gasteiger charge is -2.06. The van der Waals surface area contributed by atoms with Gasteiger partial charge in [-0.25, -0.2) is 15.8 Å². The minimum absolute atomic E-state index is 0.635. The molecule has 0 unspecified atom stereocenters. The molecule has 0 fully saturated rings. The van der Waals surface area contributed by atoms with Crippen molar-refractivity contribution in [3.63, 3.8) is 0 Å². The summed E-state index contributed by atoms with van der Waals surface area (Å²) in [5, 5.41) is 0. The molecule has 5 heteroatoms. The van der Waals surface area contributed by atoms with E-state index in [9.17, 15) is 0 Å². The summed E-state index contributed by atoms with van der Waals surface area (Å²) in [5.41, 5.74) is 4.50. The van der Waals surface area contributed by atoms with E-state index in [-0.39, 0.29) is 0 Å². The van der Waals surface area contributed by atoms with Crippen molar-refractivity contribution in [1.29, 1.82) is 0 Å². The van der Waals surface area contributed by atoms with Crippen LogP contribution < -0.4 is 11.3 Å². The van der Waals surface area contributed by atoms with E-state index >= 15 is 0 Å². The molecule has 2 heterocycles. The van der Waals surface area contributed by atoms with Gasteiger partial charge in [-0.2, -0.15) is 0 Å². The first kappa shape index (κ1) is 11.5. The molecule has 0 aromatic carbocycles. The van der Waals surface area contributed by atoms with Gasteiger partial charge in [0.2, 0.25) is 0 Å². The van der Waals surface area contributed by atoms with Gasteiger partial charge in [0.1, 0.15) is 5.82 Å². The third-order valence-electron chi connectivity index (χ3n) is 2.37. The van der Waals surface area contributed by atoms with Crippen LogP contribution in [0.2, 0.25) is 0 Å². The molecule has 0 atom stereocenters. The van der Waals surface area contributed by atoms with Crippen LogP contribution in [0, 0.1) is 0 Å². The van der Waals surface area contributed by atoms with Gasteiger partial charge in [0.05, 0.1) is 0 Å². The van der Waals surface area contributed by atoms with E-state index in [2.05, 4.69) is 27.3 Å². The van der Waals surface area contributed by atoms with E-state index in [1.165, 1.54) is 0 Å². The Labute approximate surface area is 100 Å². The highest BCUT2D eigenvalue weighted by Gasteiger charge is 2.05.